The largest absolute Gasteiger partial charge is 0.416 e. The average Bonchev–Trinajstić information content (AvgIpc) is 3.32. The lowest BCUT2D eigenvalue weighted by Crippen LogP contribution is -2.51. The van der Waals surface area contributed by atoms with Gasteiger partial charge in [0.15, 0.2) is 0 Å². The van der Waals surface area contributed by atoms with Crippen LogP contribution in [0.4, 0.5) is 13.2 Å². The molecule has 202 valence electrons. The second-order valence-electron chi connectivity index (χ2n) is 12.6. The molecule has 1 aromatic carbocycles. The van der Waals surface area contributed by atoms with E-state index < -0.39 is 29.4 Å². The third-order valence-electron chi connectivity index (χ3n) is 6.27. The smallest absolute Gasteiger partial charge is 0.350 e. The first-order valence-corrected chi connectivity index (χ1v) is 12.2. The van der Waals surface area contributed by atoms with E-state index in [1.165, 1.54) is 12.1 Å². The Labute approximate surface area is 219 Å². The number of rotatable bonds is 5. The molecule has 1 aliphatic heterocycles. The van der Waals surface area contributed by atoms with E-state index in [9.17, 15) is 18.0 Å². The van der Waals surface area contributed by atoms with Crippen LogP contribution in [0.1, 0.15) is 97.0 Å². The fraction of sp³-hybridized carbons (Fsp3) is 0.630. The van der Waals surface area contributed by atoms with Gasteiger partial charge in [-0.2, -0.15) is 18.3 Å². The summed E-state index contributed by atoms with van der Waals surface area (Å²) in [6.45, 7) is 16.5. The molecule has 5 nitrogen and oxygen atoms in total. The van der Waals surface area contributed by atoms with Crippen LogP contribution in [0.15, 0.2) is 36.5 Å². The van der Waals surface area contributed by atoms with Crippen molar-refractivity contribution in [2.45, 2.75) is 103 Å². The van der Waals surface area contributed by atoms with Crippen molar-refractivity contribution in [1.82, 2.24) is 20.4 Å². The van der Waals surface area contributed by atoms with Gasteiger partial charge in [0.05, 0.1) is 22.8 Å². The lowest BCUT2D eigenvalue weighted by atomic mass is 9.81. The van der Waals surface area contributed by atoms with E-state index >= 15 is 0 Å². The zero-order valence-corrected chi connectivity index (χ0v) is 23.3. The summed E-state index contributed by atoms with van der Waals surface area (Å²) in [5.74, 6) is -0.391. The minimum absolute atomic E-state index is 0. The molecule has 1 amide bonds. The minimum Gasteiger partial charge on any atom is -0.350 e. The SMILES string of the molecule is CC(C)(C)CC(C)(C)NC(=O)[C@@H]1CC(c2ccn(C(C)(C)C)n2)[C@H](c2cccc(C(F)(F)F)c2)N1.Cl. The number of carbonyl (C=O) groups is 1. The Bertz CT molecular complexity index is 1050. The van der Waals surface area contributed by atoms with Gasteiger partial charge in [-0.1, -0.05) is 32.9 Å². The number of nitrogens with one attached hydrogen (secondary N) is 2. The highest BCUT2D eigenvalue weighted by Crippen LogP contribution is 2.42. The molecule has 3 rings (SSSR count). The molecule has 9 heteroatoms. The summed E-state index contributed by atoms with van der Waals surface area (Å²) in [6, 6.07) is 6.24. The molecule has 1 aromatic heterocycles. The summed E-state index contributed by atoms with van der Waals surface area (Å²) in [7, 11) is 0. The standard InChI is InChI=1S/C27H39F3N4O.ClH/c1-24(2,3)16-26(7,8)32-23(35)21-15-19(20-12-13-34(33-20)25(4,5)6)22(31-21)17-10-9-11-18(14-17)27(28,29)30;/h9-14,19,21-22,31H,15-16H2,1-8H3,(H,32,35);1H/t19?,21-,22-;/m0./s1. The van der Waals surface area contributed by atoms with Crippen molar-refractivity contribution >= 4 is 18.3 Å². The first kappa shape index (κ1) is 30.2. The molecule has 0 aliphatic carbocycles. The van der Waals surface area contributed by atoms with E-state index in [1.807, 2.05) is 51.6 Å². The van der Waals surface area contributed by atoms with Gasteiger partial charge in [0.1, 0.15) is 0 Å². The van der Waals surface area contributed by atoms with E-state index in [0.717, 1.165) is 18.2 Å². The van der Waals surface area contributed by atoms with Crippen LogP contribution < -0.4 is 10.6 Å². The van der Waals surface area contributed by atoms with Crippen molar-refractivity contribution in [3.63, 3.8) is 0 Å². The monoisotopic (exact) mass is 528 g/mol. The summed E-state index contributed by atoms with van der Waals surface area (Å²) in [5.41, 5.74) is -0.0605. The molecular weight excluding hydrogens is 489 g/mol. The van der Waals surface area contributed by atoms with E-state index in [-0.39, 0.29) is 35.2 Å². The normalized spacial score (nSPS) is 21.2. The van der Waals surface area contributed by atoms with Gasteiger partial charge in [0, 0.05) is 23.7 Å². The van der Waals surface area contributed by atoms with Crippen LogP contribution in [0.25, 0.3) is 0 Å². The highest BCUT2D eigenvalue weighted by Gasteiger charge is 2.42. The molecule has 2 aromatic rings. The minimum atomic E-state index is -4.44. The van der Waals surface area contributed by atoms with E-state index in [4.69, 9.17) is 5.10 Å². The lowest BCUT2D eigenvalue weighted by molar-refractivity contribution is -0.137. The molecule has 2 heterocycles. The predicted octanol–water partition coefficient (Wildman–Crippen LogP) is 6.60. The third-order valence-corrected chi connectivity index (χ3v) is 6.27. The van der Waals surface area contributed by atoms with Crippen LogP contribution in [-0.2, 0) is 16.5 Å². The van der Waals surface area contributed by atoms with Crippen LogP contribution in [0.2, 0.25) is 0 Å². The van der Waals surface area contributed by atoms with Crippen molar-refractivity contribution in [2.75, 3.05) is 0 Å². The van der Waals surface area contributed by atoms with Crippen LogP contribution in [0, 0.1) is 5.41 Å². The van der Waals surface area contributed by atoms with Crippen molar-refractivity contribution < 1.29 is 18.0 Å². The molecular formula is C27H40ClF3N4O. The second-order valence-corrected chi connectivity index (χ2v) is 12.6. The maximum absolute atomic E-state index is 13.4. The summed E-state index contributed by atoms with van der Waals surface area (Å²) < 4.78 is 42.2. The highest BCUT2D eigenvalue weighted by atomic mass is 35.5. The Morgan fingerprint density at radius 3 is 2.25 bits per heavy atom. The van der Waals surface area contributed by atoms with Gasteiger partial charge in [0.25, 0.3) is 0 Å². The fourth-order valence-electron chi connectivity index (χ4n) is 5.20. The zero-order chi connectivity index (χ0) is 26.4. The van der Waals surface area contributed by atoms with Crippen molar-refractivity contribution in [1.29, 1.82) is 0 Å². The van der Waals surface area contributed by atoms with Crippen LogP contribution in [0.3, 0.4) is 0 Å². The number of carbonyl (C=O) groups excluding carboxylic acids is 1. The van der Waals surface area contributed by atoms with Gasteiger partial charge in [-0.15, -0.1) is 12.4 Å². The summed E-state index contributed by atoms with van der Waals surface area (Å²) in [6.07, 6.45) is -1.32. The molecule has 36 heavy (non-hydrogen) atoms. The predicted molar refractivity (Wildman–Crippen MR) is 139 cm³/mol. The zero-order valence-electron chi connectivity index (χ0n) is 22.5. The van der Waals surface area contributed by atoms with Crippen molar-refractivity contribution in [2.24, 2.45) is 5.41 Å². The maximum atomic E-state index is 13.4. The topological polar surface area (TPSA) is 59.0 Å². The van der Waals surface area contributed by atoms with Gasteiger partial charge in [-0.25, -0.2) is 0 Å². The molecule has 0 spiro atoms. The molecule has 0 radical (unpaired) electrons. The molecule has 1 unspecified atom stereocenters. The number of amides is 1. The van der Waals surface area contributed by atoms with Gasteiger partial charge in [-0.3, -0.25) is 14.8 Å². The summed E-state index contributed by atoms with van der Waals surface area (Å²) in [4.78, 5) is 13.3. The molecule has 0 bridgehead atoms. The third kappa shape index (κ3) is 7.48. The number of benzene rings is 1. The van der Waals surface area contributed by atoms with Gasteiger partial charge < -0.3 is 5.32 Å². The lowest BCUT2D eigenvalue weighted by Gasteiger charge is -2.34. The molecule has 2 N–H and O–H groups in total. The van der Waals surface area contributed by atoms with Crippen LogP contribution in [0.5, 0.6) is 0 Å². The van der Waals surface area contributed by atoms with Gasteiger partial charge in [-0.05, 0) is 76.6 Å². The number of hydrogen-bond acceptors (Lipinski definition) is 3. The molecule has 3 atom stereocenters. The Morgan fingerprint density at radius 2 is 1.72 bits per heavy atom. The van der Waals surface area contributed by atoms with Crippen molar-refractivity contribution in [3.05, 3.63) is 53.3 Å². The molecule has 1 saturated heterocycles. The number of aromatic nitrogens is 2. The van der Waals surface area contributed by atoms with E-state index in [0.29, 0.717) is 12.0 Å². The Hall–Kier alpha value is -2.06. The van der Waals surface area contributed by atoms with Gasteiger partial charge >= 0.3 is 6.18 Å². The highest BCUT2D eigenvalue weighted by molar-refractivity contribution is 5.85. The molecule has 1 fully saturated rings. The number of nitrogens with zero attached hydrogens (tertiary/aromatic N) is 2. The van der Waals surface area contributed by atoms with E-state index in [2.05, 4.69) is 31.4 Å². The number of hydrogen-bond donors (Lipinski definition) is 2. The van der Waals surface area contributed by atoms with Crippen LogP contribution in [-0.4, -0.2) is 27.3 Å². The molecule has 0 saturated carbocycles. The number of halogens is 4. The van der Waals surface area contributed by atoms with Gasteiger partial charge in [0.2, 0.25) is 5.91 Å². The molecule has 1 aliphatic rings. The number of alkyl halides is 3. The quantitative estimate of drug-likeness (QED) is 0.460. The average molecular weight is 529 g/mol. The van der Waals surface area contributed by atoms with Crippen molar-refractivity contribution in [3.8, 4) is 0 Å². The first-order chi connectivity index (χ1) is 15.9. The maximum Gasteiger partial charge on any atom is 0.416 e. The second kappa shape index (κ2) is 10.4. The fourth-order valence-corrected chi connectivity index (χ4v) is 5.20. The summed E-state index contributed by atoms with van der Waals surface area (Å²) >= 11 is 0. The van der Waals surface area contributed by atoms with E-state index in [1.54, 1.807) is 6.07 Å². The Balaban J connectivity index is 0.00000456. The Morgan fingerprint density at radius 1 is 1.08 bits per heavy atom. The van der Waals surface area contributed by atoms with Crippen LogP contribution >= 0.6 is 12.4 Å². The Kier molecular flexibility index (Phi) is 8.68. The first-order valence-electron chi connectivity index (χ1n) is 12.2. The summed E-state index contributed by atoms with van der Waals surface area (Å²) in [5, 5.41) is 11.2.